The fourth-order valence-corrected chi connectivity index (χ4v) is 1.79. The van der Waals surface area contributed by atoms with E-state index in [1.807, 2.05) is 6.07 Å². The summed E-state index contributed by atoms with van der Waals surface area (Å²) in [5.41, 5.74) is 1.09. The summed E-state index contributed by atoms with van der Waals surface area (Å²) in [6, 6.07) is 2.05. The third-order valence-corrected chi connectivity index (χ3v) is 2.55. The topological polar surface area (TPSA) is 37.8 Å². The third kappa shape index (κ3) is 1.64. The Hall–Kier alpha value is -0.480. The molecule has 1 aromatic heterocycles. The van der Waals surface area contributed by atoms with Gasteiger partial charge in [0.1, 0.15) is 0 Å². The molecule has 0 spiro atoms. The van der Waals surface area contributed by atoms with Gasteiger partial charge < -0.3 is 5.32 Å². The van der Waals surface area contributed by atoms with Gasteiger partial charge in [0, 0.05) is 16.9 Å². The maximum absolute atomic E-state index is 4.10. The Bertz CT molecular complexity index is 271. The molecule has 0 amide bonds. The highest BCUT2D eigenvalue weighted by atomic mass is 79.9. The predicted octanol–water partition coefficient (Wildman–Crippen LogP) is 1.32. The van der Waals surface area contributed by atoms with Gasteiger partial charge in [0.25, 0.3) is 0 Å². The molecule has 0 radical (unpaired) electrons. The van der Waals surface area contributed by atoms with Crippen molar-refractivity contribution in [3.63, 3.8) is 0 Å². The normalized spacial score (nSPS) is 22.9. The van der Waals surface area contributed by atoms with Crippen LogP contribution in [0.3, 0.4) is 0 Å². The van der Waals surface area contributed by atoms with Crippen LogP contribution in [0, 0.1) is 0 Å². The van der Waals surface area contributed by atoms with Crippen LogP contribution in [0.5, 0.6) is 0 Å². The zero-order valence-corrected chi connectivity index (χ0v) is 8.21. The number of halogens is 1. The minimum atomic E-state index is 0.551. The van der Waals surface area contributed by atoms with Gasteiger partial charge in [-0.05, 0) is 35.0 Å². The Kier molecular flexibility index (Phi) is 2.37. The Morgan fingerprint density at radius 3 is 3.17 bits per heavy atom. The molecular weight excluding hydrogens is 218 g/mol. The molecule has 1 N–H and O–H groups in total. The van der Waals surface area contributed by atoms with E-state index in [1.165, 1.54) is 6.42 Å². The third-order valence-electron chi connectivity index (χ3n) is 2.12. The maximum atomic E-state index is 4.10. The first-order chi connectivity index (χ1) is 5.86. The maximum Gasteiger partial charge on any atom is 0.0686 e. The molecule has 12 heavy (non-hydrogen) atoms. The first kappa shape index (κ1) is 8.13. The van der Waals surface area contributed by atoms with E-state index in [9.17, 15) is 0 Å². The van der Waals surface area contributed by atoms with Gasteiger partial charge in [-0.25, -0.2) is 0 Å². The molecule has 1 aliphatic heterocycles. The second kappa shape index (κ2) is 3.49. The zero-order valence-electron chi connectivity index (χ0n) is 6.63. The van der Waals surface area contributed by atoms with Gasteiger partial charge in [-0.2, -0.15) is 10.2 Å². The molecule has 0 bridgehead atoms. The fourth-order valence-electron chi connectivity index (χ4n) is 1.46. The van der Waals surface area contributed by atoms with E-state index in [0.29, 0.717) is 5.92 Å². The van der Waals surface area contributed by atoms with Crippen molar-refractivity contribution in [2.45, 2.75) is 12.3 Å². The molecule has 4 heteroatoms. The van der Waals surface area contributed by atoms with Gasteiger partial charge in [-0.3, -0.25) is 0 Å². The molecule has 1 fully saturated rings. The van der Waals surface area contributed by atoms with Gasteiger partial charge >= 0.3 is 0 Å². The van der Waals surface area contributed by atoms with E-state index < -0.39 is 0 Å². The lowest BCUT2D eigenvalue weighted by Crippen LogP contribution is -2.09. The highest BCUT2D eigenvalue weighted by Crippen LogP contribution is 2.21. The average Bonchev–Trinajstić information content (AvgIpc) is 2.56. The molecule has 0 aliphatic carbocycles. The predicted molar refractivity (Wildman–Crippen MR) is 50.0 cm³/mol. The quantitative estimate of drug-likeness (QED) is 0.787. The Morgan fingerprint density at radius 1 is 1.58 bits per heavy atom. The zero-order chi connectivity index (χ0) is 8.39. The second-order valence-corrected chi connectivity index (χ2v) is 3.90. The van der Waals surface area contributed by atoms with Crippen LogP contribution in [-0.4, -0.2) is 23.3 Å². The van der Waals surface area contributed by atoms with Crippen molar-refractivity contribution >= 4 is 15.9 Å². The molecule has 3 nitrogen and oxygen atoms in total. The first-order valence-electron chi connectivity index (χ1n) is 4.05. The van der Waals surface area contributed by atoms with Crippen molar-refractivity contribution in [1.82, 2.24) is 15.5 Å². The average molecular weight is 228 g/mol. The van der Waals surface area contributed by atoms with Gasteiger partial charge in [0.05, 0.1) is 11.9 Å². The summed E-state index contributed by atoms with van der Waals surface area (Å²) in [6.07, 6.45) is 2.89. The Balaban J connectivity index is 2.21. The number of hydrogen-bond donors (Lipinski definition) is 1. The molecule has 1 atom stereocenters. The number of rotatable bonds is 1. The Morgan fingerprint density at radius 2 is 2.50 bits per heavy atom. The van der Waals surface area contributed by atoms with Crippen LogP contribution >= 0.6 is 15.9 Å². The van der Waals surface area contributed by atoms with E-state index >= 15 is 0 Å². The summed E-state index contributed by atoms with van der Waals surface area (Å²) in [6.45, 7) is 2.13. The summed E-state index contributed by atoms with van der Waals surface area (Å²) in [7, 11) is 0. The summed E-state index contributed by atoms with van der Waals surface area (Å²) in [5.74, 6) is 0.551. The van der Waals surface area contributed by atoms with Crippen molar-refractivity contribution in [2.75, 3.05) is 13.1 Å². The highest BCUT2D eigenvalue weighted by molar-refractivity contribution is 9.10. The van der Waals surface area contributed by atoms with Crippen LogP contribution in [0.4, 0.5) is 0 Å². The van der Waals surface area contributed by atoms with Crippen molar-refractivity contribution in [3.8, 4) is 0 Å². The molecule has 1 aliphatic rings. The van der Waals surface area contributed by atoms with E-state index in [1.54, 1.807) is 6.20 Å². The van der Waals surface area contributed by atoms with Crippen molar-refractivity contribution in [3.05, 3.63) is 22.4 Å². The van der Waals surface area contributed by atoms with Crippen molar-refractivity contribution in [2.24, 2.45) is 0 Å². The van der Waals surface area contributed by atoms with Crippen LogP contribution in [0.15, 0.2) is 16.7 Å². The lowest BCUT2D eigenvalue weighted by molar-refractivity contribution is 0.712. The fraction of sp³-hybridized carbons (Fsp3) is 0.500. The molecular formula is C8H10BrN3. The highest BCUT2D eigenvalue weighted by Gasteiger charge is 2.17. The molecule has 2 rings (SSSR count). The second-order valence-electron chi connectivity index (χ2n) is 2.99. The summed E-state index contributed by atoms with van der Waals surface area (Å²) < 4.78 is 1.01. The lowest BCUT2D eigenvalue weighted by Gasteiger charge is -2.05. The first-order valence-corrected chi connectivity index (χ1v) is 4.84. The Labute approximate surface area is 79.7 Å². The number of nitrogens with one attached hydrogen (secondary N) is 1. The molecule has 64 valence electrons. The lowest BCUT2D eigenvalue weighted by atomic mass is 10.1. The van der Waals surface area contributed by atoms with E-state index in [4.69, 9.17) is 0 Å². The van der Waals surface area contributed by atoms with Crippen LogP contribution < -0.4 is 5.32 Å². The SMILES string of the molecule is Brc1cnnc(C2CCNC2)c1. The summed E-state index contributed by atoms with van der Waals surface area (Å²) >= 11 is 3.39. The largest absolute Gasteiger partial charge is 0.316 e. The van der Waals surface area contributed by atoms with Crippen LogP contribution in [0.1, 0.15) is 18.0 Å². The van der Waals surface area contributed by atoms with E-state index in [-0.39, 0.29) is 0 Å². The molecule has 0 aromatic carbocycles. The van der Waals surface area contributed by atoms with Crippen molar-refractivity contribution in [1.29, 1.82) is 0 Å². The number of nitrogens with zero attached hydrogens (tertiary/aromatic N) is 2. The van der Waals surface area contributed by atoms with Crippen LogP contribution in [-0.2, 0) is 0 Å². The molecule has 0 saturated carbocycles. The minimum absolute atomic E-state index is 0.551. The number of aromatic nitrogens is 2. The van der Waals surface area contributed by atoms with Crippen molar-refractivity contribution < 1.29 is 0 Å². The molecule has 1 saturated heterocycles. The van der Waals surface area contributed by atoms with E-state index in [2.05, 4.69) is 31.4 Å². The van der Waals surface area contributed by atoms with Crippen LogP contribution in [0.2, 0.25) is 0 Å². The number of hydrogen-bond acceptors (Lipinski definition) is 3. The van der Waals surface area contributed by atoms with Crippen LogP contribution in [0.25, 0.3) is 0 Å². The van der Waals surface area contributed by atoms with Gasteiger partial charge in [0.2, 0.25) is 0 Å². The summed E-state index contributed by atoms with van der Waals surface area (Å²) in [5, 5.41) is 11.3. The van der Waals surface area contributed by atoms with Gasteiger partial charge in [0.15, 0.2) is 0 Å². The van der Waals surface area contributed by atoms with Gasteiger partial charge in [-0.15, -0.1) is 0 Å². The van der Waals surface area contributed by atoms with E-state index in [0.717, 1.165) is 23.3 Å². The van der Waals surface area contributed by atoms with Gasteiger partial charge in [-0.1, -0.05) is 0 Å². The monoisotopic (exact) mass is 227 g/mol. The summed E-state index contributed by atoms with van der Waals surface area (Å²) in [4.78, 5) is 0. The standard InChI is InChI=1S/C8H10BrN3/c9-7-3-8(12-11-5-7)6-1-2-10-4-6/h3,5-6,10H,1-2,4H2. The minimum Gasteiger partial charge on any atom is -0.316 e. The molecule has 1 aromatic rings. The smallest absolute Gasteiger partial charge is 0.0686 e. The molecule has 1 unspecified atom stereocenters. The molecule has 2 heterocycles.